The molecule has 1 aromatic rings. The molecular formula is C12H19AlO. The molecular weight excluding hydrogens is 187 g/mol. The number of para-hydroxylation sites is 1. The molecule has 0 aliphatic rings. The van der Waals surface area contributed by atoms with Crippen LogP contribution in [0.5, 0.6) is 5.75 Å². The molecule has 0 amide bonds. The number of rotatable bonds is 2. The molecule has 1 rings (SSSR count). The van der Waals surface area contributed by atoms with Gasteiger partial charge in [-0.05, 0) is 13.8 Å². The van der Waals surface area contributed by atoms with Crippen molar-refractivity contribution >= 4 is 15.2 Å². The van der Waals surface area contributed by atoms with Gasteiger partial charge in [0.15, 0.2) is 0 Å². The van der Waals surface area contributed by atoms with E-state index in [0.717, 1.165) is 26.3 Å². The van der Waals surface area contributed by atoms with E-state index >= 15 is 0 Å². The minimum Gasteiger partial charge on any atom is -0.872 e. The topological polar surface area (TPSA) is 23.1 Å². The van der Waals surface area contributed by atoms with E-state index in [1.54, 1.807) is 0 Å². The molecule has 0 heterocycles. The Balaban J connectivity index is 0.000000292. The Morgan fingerprint density at radius 3 is 1.71 bits per heavy atom. The molecule has 0 saturated carbocycles. The van der Waals surface area contributed by atoms with Gasteiger partial charge < -0.3 is 5.11 Å². The maximum Gasteiger partial charge on any atom is -0.0404 e. The van der Waals surface area contributed by atoms with Crippen molar-refractivity contribution in [3.8, 4) is 5.75 Å². The summed E-state index contributed by atoms with van der Waals surface area (Å²) in [5.41, 5.74) is 1.66. The Hall–Kier alpha value is -0.448. The van der Waals surface area contributed by atoms with E-state index in [0.29, 0.717) is 0 Å². The van der Waals surface area contributed by atoms with E-state index in [2.05, 4.69) is 13.8 Å². The van der Waals surface area contributed by atoms with Crippen LogP contribution in [0.2, 0.25) is 10.6 Å². The van der Waals surface area contributed by atoms with Crippen LogP contribution in [0.25, 0.3) is 0 Å². The predicted molar refractivity (Wildman–Crippen MR) is 62.1 cm³/mol. The van der Waals surface area contributed by atoms with Gasteiger partial charge in [-0.1, -0.05) is 29.3 Å². The van der Waals surface area contributed by atoms with E-state index in [4.69, 9.17) is 0 Å². The summed E-state index contributed by atoms with van der Waals surface area (Å²) in [6.07, 6.45) is 0. The second-order valence-electron chi connectivity index (χ2n) is 3.33. The molecule has 0 bridgehead atoms. The molecule has 0 aliphatic heterocycles. The van der Waals surface area contributed by atoms with Gasteiger partial charge in [0.25, 0.3) is 0 Å². The molecule has 76 valence electrons. The van der Waals surface area contributed by atoms with Gasteiger partial charge in [0.05, 0.1) is 0 Å². The van der Waals surface area contributed by atoms with Crippen molar-refractivity contribution in [3.63, 3.8) is 0 Å². The average Bonchev–Trinajstić information content (AvgIpc) is 2.16. The Morgan fingerprint density at radius 2 is 1.50 bits per heavy atom. The van der Waals surface area contributed by atoms with E-state index < -0.39 is 0 Å². The molecule has 0 aliphatic carbocycles. The third kappa shape index (κ3) is 5.32. The third-order valence-electron chi connectivity index (χ3n) is 1.99. The van der Waals surface area contributed by atoms with Crippen LogP contribution in [0.3, 0.4) is 0 Å². The van der Waals surface area contributed by atoms with Gasteiger partial charge in [0, 0.05) is 0 Å². The Labute approximate surface area is 93.9 Å². The Kier molecular flexibility index (Phi) is 7.66. The van der Waals surface area contributed by atoms with Crippen molar-refractivity contribution in [1.82, 2.24) is 0 Å². The Bertz CT molecular complexity index is 236. The maximum atomic E-state index is 11.0. The number of aryl methyl sites for hydroxylation is 2. The van der Waals surface area contributed by atoms with Crippen molar-refractivity contribution in [1.29, 1.82) is 0 Å². The zero-order valence-corrected chi connectivity index (χ0v) is 10.8. The van der Waals surface area contributed by atoms with Crippen LogP contribution in [0, 0.1) is 13.8 Å². The molecule has 0 N–H and O–H groups in total. The summed E-state index contributed by atoms with van der Waals surface area (Å²) in [4.78, 5) is 0. The number of hydrogen-bond donors (Lipinski definition) is 0. The molecule has 1 aromatic carbocycles. The van der Waals surface area contributed by atoms with Gasteiger partial charge >= 0.3 is 39.6 Å². The molecule has 0 unspecified atom stereocenters. The first-order valence-corrected chi connectivity index (χ1v) is 6.81. The van der Waals surface area contributed by atoms with Gasteiger partial charge in [0.2, 0.25) is 0 Å². The summed E-state index contributed by atoms with van der Waals surface area (Å²) in [6.45, 7) is 8.16. The SMILES string of the molecule is C[CH2][Al+][CH2]C.Cc1cccc(C)c1[O-]. The largest absolute Gasteiger partial charge is 0.872 e. The normalized spacial score (nSPS) is 8.57. The first-order valence-electron chi connectivity index (χ1n) is 5.18. The third-order valence-corrected chi connectivity index (χ3v) is 3.14. The second-order valence-corrected chi connectivity index (χ2v) is 5.54. The van der Waals surface area contributed by atoms with E-state index in [-0.39, 0.29) is 5.75 Å². The standard InChI is InChI=1S/C8H10O.2C2H5.Al/c1-6-4-3-5-7(2)8(6)9;2*1-2;/h3-5,9H,1-2H3;2*1H2,2H3;/q;;;+1/p-1. The minimum atomic E-state index is 0.164. The van der Waals surface area contributed by atoms with Crippen LogP contribution in [0.4, 0.5) is 0 Å². The van der Waals surface area contributed by atoms with Gasteiger partial charge in [-0.2, -0.15) is 0 Å². The van der Waals surface area contributed by atoms with Gasteiger partial charge in [0.1, 0.15) is 0 Å². The van der Waals surface area contributed by atoms with Gasteiger partial charge in [-0.25, -0.2) is 0 Å². The minimum absolute atomic E-state index is 0.164. The summed E-state index contributed by atoms with van der Waals surface area (Å²) < 4.78 is 0. The van der Waals surface area contributed by atoms with Crippen LogP contribution in [-0.4, -0.2) is 15.2 Å². The predicted octanol–water partition coefficient (Wildman–Crippen LogP) is 2.94. The fourth-order valence-electron chi connectivity index (χ4n) is 1.09. The van der Waals surface area contributed by atoms with Crippen molar-refractivity contribution < 1.29 is 5.11 Å². The fraction of sp³-hybridized carbons (Fsp3) is 0.500. The van der Waals surface area contributed by atoms with Crippen LogP contribution >= 0.6 is 0 Å². The quantitative estimate of drug-likeness (QED) is 0.682. The zero-order valence-electron chi connectivity index (χ0n) is 9.63. The molecule has 0 fully saturated rings. The summed E-state index contributed by atoms with van der Waals surface area (Å²) >= 11 is 0.815. The zero-order chi connectivity index (χ0) is 11.0. The summed E-state index contributed by atoms with van der Waals surface area (Å²) in [7, 11) is 0. The van der Waals surface area contributed by atoms with Crippen molar-refractivity contribution in [2.75, 3.05) is 0 Å². The molecule has 14 heavy (non-hydrogen) atoms. The summed E-state index contributed by atoms with van der Waals surface area (Å²) in [5, 5.41) is 13.8. The molecule has 0 spiro atoms. The van der Waals surface area contributed by atoms with Crippen LogP contribution in [0.15, 0.2) is 18.2 Å². The van der Waals surface area contributed by atoms with Crippen molar-refractivity contribution in [3.05, 3.63) is 29.3 Å². The van der Waals surface area contributed by atoms with Crippen LogP contribution < -0.4 is 5.11 Å². The van der Waals surface area contributed by atoms with E-state index in [1.807, 2.05) is 32.0 Å². The van der Waals surface area contributed by atoms with Crippen molar-refractivity contribution in [2.45, 2.75) is 38.3 Å². The van der Waals surface area contributed by atoms with Crippen LogP contribution in [0.1, 0.15) is 25.0 Å². The van der Waals surface area contributed by atoms with Crippen LogP contribution in [-0.2, 0) is 0 Å². The van der Waals surface area contributed by atoms with Crippen molar-refractivity contribution in [2.24, 2.45) is 0 Å². The smallest absolute Gasteiger partial charge is 0.0404 e. The maximum absolute atomic E-state index is 11.0. The van der Waals surface area contributed by atoms with Gasteiger partial charge in [-0.3, -0.25) is 0 Å². The first-order chi connectivity index (χ1) is 6.63. The summed E-state index contributed by atoms with van der Waals surface area (Å²) in [5.74, 6) is 0.164. The number of hydrogen-bond acceptors (Lipinski definition) is 1. The van der Waals surface area contributed by atoms with E-state index in [9.17, 15) is 5.11 Å². The summed E-state index contributed by atoms with van der Waals surface area (Å²) in [6, 6.07) is 5.55. The molecule has 0 saturated heterocycles. The molecule has 0 aromatic heterocycles. The second kappa shape index (κ2) is 7.91. The monoisotopic (exact) mass is 206 g/mol. The molecule has 0 atom stereocenters. The van der Waals surface area contributed by atoms with E-state index in [1.165, 1.54) is 10.6 Å². The Morgan fingerprint density at radius 1 is 1.07 bits per heavy atom. The number of benzene rings is 1. The molecule has 0 radical (unpaired) electrons. The fourth-order valence-corrected chi connectivity index (χ4v) is 1.67. The molecule has 2 heteroatoms. The van der Waals surface area contributed by atoms with Gasteiger partial charge in [-0.15, -0.1) is 5.75 Å². The molecule has 1 nitrogen and oxygen atoms in total. The average molecular weight is 206 g/mol. The first kappa shape index (κ1) is 13.6.